The van der Waals surface area contributed by atoms with Crippen LogP contribution in [0.25, 0.3) is 0 Å². The van der Waals surface area contributed by atoms with Crippen molar-refractivity contribution in [3.63, 3.8) is 0 Å². The molecule has 0 aliphatic carbocycles. The number of anilines is 1. The summed E-state index contributed by atoms with van der Waals surface area (Å²) in [4.78, 5) is 4.85. The van der Waals surface area contributed by atoms with E-state index in [1.807, 2.05) is 12.1 Å². The fourth-order valence-corrected chi connectivity index (χ4v) is 2.52. The molecule has 94 valence electrons. The smallest absolute Gasteiger partial charge is 0.0359 e. The van der Waals surface area contributed by atoms with Crippen molar-refractivity contribution in [2.24, 2.45) is 0 Å². The van der Waals surface area contributed by atoms with E-state index >= 15 is 0 Å². The summed E-state index contributed by atoms with van der Waals surface area (Å²) in [7, 11) is 4.34. The normalized spacial score (nSPS) is 21.9. The lowest BCUT2D eigenvalue weighted by molar-refractivity contribution is 0.128. The molecule has 3 nitrogen and oxygen atoms in total. The van der Waals surface area contributed by atoms with Gasteiger partial charge in [-0.25, -0.2) is 0 Å². The lowest BCUT2D eigenvalue weighted by Gasteiger charge is -2.36. The number of piperidine rings is 1. The van der Waals surface area contributed by atoms with E-state index in [1.54, 1.807) is 0 Å². The third-order valence-corrected chi connectivity index (χ3v) is 3.66. The SMILES string of the molecule is CN(C)C1CCCN(Cc2ccccc2N)C1. The molecule has 3 heteroatoms. The quantitative estimate of drug-likeness (QED) is 0.808. The van der Waals surface area contributed by atoms with Crippen molar-refractivity contribution in [1.29, 1.82) is 0 Å². The molecule has 17 heavy (non-hydrogen) atoms. The minimum absolute atomic E-state index is 0.689. The molecule has 0 spiro atoms. The maximum Gasteiger partial charge on any atom is 0.0359 e. The molecule has 1 aliphatic rings. The van der Waals surface area contributed by atoms with Crippen molar-refractivity contribution in [2.75, 3.05) is 32.9 Å². The molecule has 0 amide bonds. The first-order valence-corrected chi connectivity index (χ1v) is 6.39. The van der Waals surface area contributed by atoms with E-state index in [4.69, 9.17) is 5.73 Å². The van der Waals surface area contributed by atoms with Crippen LogP contribution in [0.5, 0.6) is 0 Å². The van der Waals surface area contributed by atoms with Gasteiger partial charge in [-0.05, 0) is 45.1 Å². The van der Waals surface area contributed by atoms with Gasteiger partial charge in [0.15, 0.2) is 0 Å². The number of rotatable bonds is 3. The van der Waals surface area contributed by atoms with Crippen LogP contribution >= 0.6 is 0 Å². The Balaban J connectivity index is 1.97. The van der Waals surface area contributed by atoms with Gasteiger partial charge >= 0.3 is 0 Å². The molecule has 0 aromatic heterocycles. The van der Waals surface area contributed by atoms with Gasteiger partial charge in [0, 0.05) is 24.8 Å². The maximum absolute atomic E-state index is 6.00. The van der Waals surface area contributed by atoms with E-state index in [0.29, 0.717) is 6.04 Å². The van der Waals surface area contributed by atoms with Crippen LogP contribution in [0.15, 0.2) is 24.3 Å². The van der Waals surface area contributed by atoms with Crippen molar-refractivity contribution in [3.05, 3.63) is 29.8 Å². The Morgan fingerprint density at radius 3 is 2.82 bits per heavy atom. The van der Waals surface area contributed by atoms with Crippen molar-refractivity contribution in [1.82, 2.24) is 9.80 Å². The summed E-state index contributed by atoms with van der Waals surface area (Å²) in [5.41, 5.74) is 8.17. The summed E-state index contributed by atoms with van der Waals surface area (Å²) < 4.78 is 0. The number of nitrogens with two attached hydrogens (primary N) is 1. The summed E-state index contributed by atoms with van der Waals surface area (Å²) in [6, 6.07) is 8.88. The Bertz CT molecular complexity index is 362. The number of para-hydroxylation sites is 1. The monoisotopic (exact) mass is 233 g/mol. The van der Waals surface area contributed by atoms with E-state index in [0.717, 1.165) is 18.8 Å². The molecule has 1 heterocycles. The molecule has 2 rings (SSSR count). The van der Waals surface area contributed by atoms with Gasteiger partial charge in [0.1, 0.15) is 0 Å². The molecular formula is C14H23N3. The number of nitrogens with zero attached hydrogens (tertiary/aromatic N) is 2. The van der Waals surface area contributed by atoms with Crippen LogP contribution in [0.1, 0.15) is 18.4 Å². The first-order chi connectivity index (χ1) is 8.16. The molecule has 1 aromatic carbocycles. The minimum Gasteiger partial charge on any atom is -0.398 e. The summed E-state index contributed by atoms with van der Waals surface area (Å²) in [6.45, 7) is 3.33. The van der Waals surface area contributed by atoms with Crippen LogP contribution < -0.4 is 5.73 Å². The molecule has 0 saturated carbocycles. The molecule has 1 aliphatic heterocycles. The largest absolute Gasteiger partial charge is 0.398 e. The average Bonchev–Trinajstić information content (AvgIpc) is 2.32. The number of likely N-dealkylation sites (N-methyl/N-ethyl adjacent to an activating group) is 1. The second-order valence-electron chi connectivity index (χ2n) is 5.19. The number of hydrogen-bond acceptors (Lipinski definition) is 3. The van der Waals surface area contributed by atoms with Crippen molar-refractivity contribution < 1.29 is 0 Å². The second-order valence-corrected chi connectivity index (χ2v) is 5.19. The number of nitrogen functional groups attached to an aromatic ring is 1. The summed E-state index contributed by atoms with van der Waals surface area (Å²) in [5, 5.41) is 0. The van der Waals surface area contributed by atoms with Gasteiger partial charge in [0.2, 0.25) is 0 Å². The predicted octanol–water partition coefficient (Wildman–Crippen LogP) is 1.79. The zero-order valence-electron chi connectivity index (χ0n) is 10.9. The fourth-order valence-electron chi connectivity index (χ4n) is 2.52. The Kier molecular flexibility index (Phi) is 4.02. The van der Waals surface area contributed by atoms with Gasteiger partial charge in [-0.1, -0.05) is 18.2 Å². The van der Waals surface area contributed by atoms with Gasteiger partial charge in [-0.2, -0.15) is 0 Å². The Hall–Kier alpha value is -1.06. The second kappa shape index (κ2) is 5.52. The Morgan fingerprint density at radius 1 is 1.35 bits per heavy atom. The minimum atomic E-state index is 0.689. The van der Waals surface area contributed by atoms with E-state index in [2.05, 4.69) is 36.0 Å². The third-order valence-electron chi connectivity index (χ3n) is 3.66. The van der Waals surface area contributed by atoms with Gasteiger partial charge in [-0.15, -0.1) is 0 Å². The summed E-state index contributed by atoms with van der Waals surface area (Å²) in [6.07, 6.45) is 2.60. The standard InChI is InChI=1S/C14H23N3/c1-16(2)13-7-5-9-17(11-13)10-12-6-3-4-8-14(12)15/h3-4,6,8,13H,5,7,9-11,15H2,1-2H3. The summed E-state index contributed by atoms with van der Waals surface area (Å²) in [5.74, 6) is 0. The van der Waals surface area contributed by atoms with Gasteiger partial charge < -0.3 is 10.6 Å². The number of benzene rings is 1. The highest BCUT2D eigenvalue weighted by molar-refractivity contribution is 5.46. The van der Waals surface area contributed by atoms with Gasteiger partial charge in [0.25, 0.3) is 0 Å². The topological polar surface area (TPSA) is 32.5 Å². The molecule has 2 N–H and O–H groups in total. The molecular weight excluding hydrogens is 210 g/mol. The van der Waals surface area contributed by atoms with Crippen molar-refractivity contribution in [2.45, 2.75) is 25.4 Å². The van der Waals surface area contributed by atoms with Crippen molar-refractivity contribution in [3.8, 4) is 0 Å². The molecule has 1 atom stereocenters. The highest BCUT2D eigenvalue weighted by atomic mass is 15.2. The number of hydrogen-bond donors (Lipinski definition) is 1. The predicted molar refractivity (Wildman–Crippen MR) is 72.8 cm³/mol. The highest BCUT2D eigenvalue weighted by Gasteiger charge is 2.21. The Morgan fingerprint density at radius 2 is 2.12 bits per heavy atom. The Labute approximate surface area is 104 Å². The number of likely N-dealkylation sites (tertiary alicyclic amines) is 1. The molecule has 0 radical (unpaired) electrons. The van der Waals surface area contributed by atoms with Crippen LogP contribution in [-0.4, -0.2) is 43.0 Å². The van der Waals surface area contributed by atoms with Gasteiger partial charge in [0.05, 0.1) is 0 Å². The van der Waals surface area contributed by atoms with E-state index in [9.17, 15) is 0 Å². The van der Waals surface area contributed by atoms with E-state index < -0.39 is 0 Å². The third kappa shape index (κ3) is 3.20. The van der Waals surface area contributed by atoms with Crippen LogP contribution in [0.4, 0.5) is 5.69 Å². The molecule has 1 unspecified atom stereocenters. The molecule has 1 saturated heterocycles. The maximum atomic E-state index is 6.00. The zero-order valence-corrected chi connectivity index (χ0v) is 10.9. The zero-order chi connectivity index (χ0) is 12.3. The lowest BCUT2D eigenvalue weighted by Crippen LogP contribution is -2.44. The fraction of sp³-hybridized carbons (Fsp3) is 0.571. The lowest BCUT2D eigenvalue weighted by atomic mass is 10.0. The van der Waals surface area contributed by atoms with Crippen LogP contribution in [-0.2, 0) is 6.54 Å². The summed E-state index contributed by atoms with van der Waals surface area (Å²) >= 11 is 0. The van der Waals surface area contributed by atoms with E-state index in [-0.39, 0.29) is 0 Å². The average molecular weight is 233 g/mol. The van der Waals surface area contributed by atoms with Crippen molar-refractivity contribution >= 4 is 5.69 Å². The molecule has 1 fully saturated rings. The first-order valence-electron chi connectivity index (χ1n) is 6.39. The first kappa shape index (κ1) is 12.4. The molecule has 1 aromatic rings. The van der Waals surface area contributed by atoms with E-state index in [1.165, 1.54) is 24.9 Å². The van der Waals surface area contributed by atoms with Crippen LogP contribution in [0.3, 0.4) is 0 Å². The van der Waals surface area contributed by atoms with Crippen LogP contribution in [0, 0.1) is 0 Å². The van der Waals surface area contributed by atoms with Crippen LogP contribution in [0.2, 0.25) is 0 Å². The highest BCUT2D eigenvalue weighted by Crippen LogP contribution is 2.19. The molecule has 0 bridgehead atoms. The van der Waals surface area contributed by atoms with Gasteiger partial charge in [-0.3, -0.25) is 4.90 Å².